The van der Waals surface area contributed by atoms with Crippen LogP contribution in [-0.2, 0) is 6.54 Å². The number of halogens is 1. The Labute approximate surface area is 135 Å². The van der Waals surface area contributed by atoms with E-state index in [1.54, 1.807) is 20.3 Å². The highest BCUT2D eigenvalue weighted by atomic mass is 35.5. The van der Waals surface area contributed by atoms with Crippen LogP contribution >= 0.6 is 11.6 Å². The summed E-state index contributed by atoms with van der Waals surface area (Å²) in [6, 6.07) is 13.1. The molecule has 0 bridgehead atoms. The van der Waals surface area contributed by atoms with E-state index in [1.165, 1.54) is 0 Å². The van der Waals surface area contributed by atoms with Crippen molar-refractivity contribution in [1.82, 2.24) is 5.32 Å². The van der Waals surface area contributed by atoms with E-state index >= 15 is 0 Å². The topological polar surface area (TPSA) is 50.7 Å². The van der Waals surface area contributed by atoms with Gasteiger partial charge in [0, 0.05) is 29.7 Å². The number of aliphatic hydroxyl groups excluding tert-OH is 1. The molecular formula is C17H20ClNO3. The molecule has 0 spiro atoms. The highest BCUT2D eigenvalue weighted by molar-refractivity contribution is 6.30. The Morgan fingerprint density at radius 2 is 1.86 bits per heavy atom. The van der Waals surface area contributed by atoms with Crippen LogP contribution in [0.25, 0.3) is 0 Å². The average molecular weight is 322 g/mol. The summed E-state index contributed by atoms with van der Waals surface area (Å²) < 4.78 is 10.6. The predicted octanol–water partition coefficient (Wildman–Crippen LogP) is 3.18. The van der Waals surface area contributed by atoms with E-state index in [1.807, 2.05) is 36.4 Å². The molecule has 0 aliphatic rings. The SMILES string of the molecule is COc1cc(Cl)cc(CNCC(O)c2ccccc2)c1OC. The van der Waals surface area contributed by atoms with E-state index in [9.17, 15) is 5.11 Å². The molecule has 0 saturated heterocycles. The summed E-state index contributed by atoms with van der Waals surface area (Å²) in [5, 5.41) is 13.9. The Morgan fingerprint density at radius 3 is 2.50 bits per heavy atom. The van der Waals surface area contributed by atoms with Gasteiger partial charge in [0.25, 0.3) is 0 Å². The molecule has 5 heteroatoms. The zero-order chi connectivity index (χ0) is 15.9. The maximum Gasteiger partial charge on any atom is 0.165 e. The summed E-state index contributed by atoms with van der Waals surface area (Å²) in [6.45, 7) is 0.950. The van der Waals surface area contributed by atoms with Gasteiger partial charge in [0.05, 0.1) is 20.3 Å². The van der Waals surface area contributed by atoms with Crippen molar-refractivity contribution < 1.29 is 14.6 Å². The first kappa shape index (κ1) is 16.6. The molecule has 2 N–H and O–H groups in total. The van der Waals surface area contributed by atoms with E-state index in [0.717, 1.165) is 11.1 Å². The molecule has 118 valence electrons. The predicted molar refractivity (Wildman–Crippen MR) is 87.7 cm³/mol. The van der Waals surface area contributed by atoms with Crippen LogP contribution in [0, 0.1) is 0 Å². The quantitative estimate of drug-likeness (QED) is 0.822. The maximum absolute atomic E-state index is 10.1. The number of benzene rings is 2. The van der Waals surface area contributed by atoms with Crippen molar-refractivity contribution in [3.63, 3.8) is 0 Å². The lowest BCUT2D eigenvalue weighted by molar-refractivity contribution is 0.174. The standard InChI is InChI=1S/C17H20ClNO3/c1-21-16-9-14(18)8-13(17(16)22-2)10-19-11-15(20)12-6-4-3-5-7-12/h3-9,15,19-20H,10-11H2,1-2H3. The van der Waals surface area contributed by atoms with Crippen LogP contribution in [0.4, 0.5) is 0 Å². The minimum Gasteiger partial charge on any atom is -0.493 e. The van der Waals surface area contributed by atoms with E-state index in [0.29, 0.717) is 29.6 Å². The van der Waals surface area contributed by atoms with Gasteiger partial charge in [-0.15, -0.1) is 0 Å². The van der Waals surface area contributed by atoms with Crippen molar-refractivity contribution in [2.45, 2.75) is 12.6 Å². The second kappa shape index (κ2) is 8.03. The lowest BCUT2D eigenvalue weighted by Crippen LogP contribution is -2.21. The van der Waals surface area contributed by atoms with Crippen LogP contribution in [0.1, 0.15) is 17.2 Å². The van der Waals surface area contributed by atoms with Gasteiger partial charge < -0.3 is 19.9 Å². The Bertz CT molecular complexity index is 604. The third-order valence-electron chi connectivity index (χ3n) is 3.36. The summed E-state index contributed by atoms with van der Waals surface area (Å²) in [7, 11) is 3.17. The molecule has 2 aromatic carbocycles. The molecule has 0 radical (unpaired) electrons. The molecule has 22 heavy (non-hydrogen) atoms. The largest absolute Gasteiger partial charge is 0.493 e. The number of ether oxygens (including phenoxy) is 2. The first-order valence-electron chi connectivity index (χ1n) is 6.99. The van der Waals surface area contributed by atoms with E-state index in [4.69, 9.17) is 21.1 Å². The van der Waals surface area contributed by atoms with Gasteiger partial charge in [-0.1, -0.05) is 41.9 Å². The fourth-order valence-electron chi connectivity index (χ4n) is 2.27. The van der Waals surface area contributed by atoms with E-state index < -0.39 is 6.10 Å². The van der Waals surface area contributed by atoms with Crippen LogP contribution in [0.5, 0.6) is 11.5 Å². The van der Waals surface area contributed by atoms with E-state index in [2.05, 4.69) is 5.32 Å². The maximum atomic E-state index is 10.1. The number of hydrogen-bond acceptors (Lipinski definition) is 4. The van der Waals surface area contributed by atoms with Crippen molar-refractivity contribution >= 4 is 11.6 Å². The molecule has 2 rings (SSSR count). The molecule has 1 unspecified atom stereocenters. The van der Waals surface area contributed by atoms with Crippen LogP contribution < -0.4 is 14.8 Å². The van der Waals surface area contributed by atoms with Gasteiger partial charge >= 0.3 is 0 Å². The van der Waals surface area contributed by atoms with Gasteiger partial charge in [-0.05, 0) is 11.6 Å². The second-order valence-electron chi connectivity index (χ2n) is 4.86. The number of hydrogen-bond donors (Lipinski definition) is 2. The first-order valence-corrected chi connectivity index (χ1v) is 7.37. The van der Waals surface area contributed by atoms with Gasteiger partial charge in [-0.3, -0.25) is 0 Å². The summed E-state index contributed by atoms with van der Waals surface area (Å²) in [5.74, 6) is 1.24. The Balaban J connectivity index is 2.01. The van der Waals surface area contributed by atoms with Crippen molar-refractivity contribution in [1.29, 1.82) is 0 Å². The van der Waals surface area contributed by atoms with Crippen LogP contribution in [0.2, 0.25) is 5.02 Å². The smallest absolute Gasteiger partial charge is 0.165 e. The van der Waals surface area contributed by atoms with Crippen LogP contribution in [0.15, 0.2) is 42.5 Å². The molecule has 0 aromatic heterocycles. The van der Waals surface area contributed by atoms with Gasteiger partial charge in [0.2, 0.25) is 0 Å². The Morgan fingerprint density at radius 1 is 1.14 bits per heavy atom. The minimum absolute atomic E-state index is 0.433. The van der Waals surface area contributed by atoms with Crippen molar-refractivity contribution in [3.05, 3.63) is 58.6 Å². The molecule has 1 atom stereocenters. The van der Waals surface area contributed by atoms with Crippen molar-refractivity contribution in [2.24, 2.45) is 0 Å². The first-order chi connectivity index (χ1) is 10.7. The van der Waals surface area contributed by atoms with Gasteiger partial charge in [-0.25, -0.2) is 0 Å². The average Bonchev–Trinajstić information content (AvgIpc) is 2.55. The molecule has 4 nitrogen and oxygen atoms in total. The zero-order valence-electron chi connectivity index (χ0n) is 12.7. The lowest BCUT2D eigenvalue weighted by Gasteiger charge is -2.16. The third kappa shape index (κ3) is 4.13. The molecule has 2 aromatic rings. The van der Waals surface area contributed by atoms with E-state index in [-0.39, 0.29) is 0 Å². The van der Waals surface area contributed by atoms with Gasteiger partial charge in [-0.2, -0.15) is 0 Å². The molecule has 0 saturated carbocycles. The number of aliphatic hydroxyl groups is 1. The van der Waals surface area contributed by atoms with Crippen LogP contribution in [0.3, 0.4) is 0 Å². The molecule has 0 amide bonds. The highest BCUT2D eigenvalue weighted by Crippen LogP contribution is 2.34. The zero-order valence-corrected chi connectivity index (χ0v) is 13.4. The van der Waals surface area contributed by atoms with Crippen molar-refractivity contribution in [2.75, 3.05) is 20.8 Å². The number of nitrogens with one attached hydrogen (secondary N) is 1. The van der Waals surface area contributed by atoms with Crippen LogP contribution in [-0.4, -0.2) is 25.9 Å². The fourth-order valence-corrected chi connectivity index (χ4v) is 2.50. The minimum atomic E-state index is -0.562. The van der Waals surface area contributed by atoms with Gasteiger partial charge in [0.15, 0.2) is 11.5 Å². The summed E-state index contributed by atoms with van der Waals surface area (Å²) >= 11 is 6.08. The highest BCUT2D eigenvalue weighted by Gasteiger charge is 2.12. The Kier molecular flexibility index (Phi) is 6.07. The molecule has 0 heterocycles. The molecular weight excluding hydrogens is 302 g/mol. The molecule has 0 aliphatic carbocycles. The summed E-state index contributed by atoms with van der Waals surface area (Å²) in [6.07, 6.45) is -0.562. The second-order valence-corrected chi connectivity index (χ2v) is 5.29. The lowest BCUT2D eigenvalue weighted by atomic mass is 10.1. The normalized spacial score (nSPS) is 12.0. The van der Waals surface area contributed by atoms with Crippen molar-refractivity contribution in [3.8, 4) is 11.5 Å². The van der Waals surface area contributed by atoms with Gasteiger partial charge in [0.1, 0.15) is 0 Å². The fraction of sp³-hybridized carbons (Fsp3) is 0.294. The summed E-state index contributed by atoms with van der Waals surface area (Å²) in [5.41, 5.74) is 1.76. The number of rotatable bonds is 7. The monoisotopic (exact) mass is 321 g/mol. The third-order valence-corrected chi connectivity index (χ3v) is 3.58. The molecule has 0 fully saturated rings. The number of methoxy groups -OCH3 is 2. The Hall–Kier alpha value is -1.75. The summed E-state index contributed by atoms with van der Waals surface area (Å²) in [4.78, 5) is 0. The molecule has 0 aliphatic heterocycles.